The van der Waals surface area contributed by atoms with Crippen LogP contribution in [0, 0.1) is 0 Å². The summed E-state index contributed by atoms with van der Waals surface area (Å²) in [6.45, 7) is 0. The summed E-state index contributed by atoms with van der Waals surface area (Å²) < 4.78 is 1.74. The van der Waals surface area contributed by atoms with Gasteiger partial charge in [-0.05, 0) is 29.8 Å². The first kappa shape index (κ1) is 14.3. The van der Waals surface area contributed by atoms with E-state index in [1.165, 1.54) is 0 Å². The highest BCUT2D eigenvalue weighted by atomic mass is 16.1. The van der Waals surface area contributed by atoms with E-state index in [0.29, 0.717) is 12.2 Å². The van der Waals surface area contributed by atoms with E-state index in [9.17, 15) is 4.79 Å². The van der Waals surface area contributed by atoms with Crippen molar-refractivity contribution in [1.29, 1.82) is 0 Å². The Labute approximate surface area is 137 Å². The number of carbonyl (C=O) groups excluding carboxylic acids is 1. The Hall–Kier alpha value is -3.35. The fraction of sp³-hybridized carbons (Fsp3) is 0.118. The Balaban J connectivity index is 1.96. The number of hydrogen-bond donors (Lipinski definition) is 2. The van der Waals surface area contributed by atoms with Crippen LogP contribution in [0.2, 0.25) is 0 Å². The van der Waals surface area contributed by atoms with Gasteiger partial charge in [0.05, 0.1) is 17.2 Å². The molecule has 4 rings (SSSR count). The van der Waals surface area contributed by atoms with Crippen molar-refractivity contribution in [2.45, 2.75) is 0 Å². The Morgan fingerprint density at radius 3 is 2.92 bits per heavy atom. The van der Waals surface area contributed by atoms with Crippen LogP contribution >= 0.6 is 0 Å². The molecule has 0 aliphatic rings. The molecule has 0 saturated heterocycles. The van der Waals surface area contributed by atoms with Gasteiger partial charge in [0, 0.05) is 43.0 Å². The zero-order chi connectivity index (χ0) is 16.7. The molecule has 0 fully saturated rings. The summed E-state index contributed by atoms with van der Waals surface area (Å²) in [5.41, 5.74) is 5.18. The number of amides is 1. The van der Waals surface area contributed by atoms with Crippen LogP contribution in [0.15, 0.2) is 42.7 Å². The second-order valence-electron chi connectivity index (χ2n) is 5.76. The summed E-state index contributed by atoms with van der Waals surface area (Å²) in [6.07, 6.45) is 4.36. The van der Waals surface area contributed by atoms with Crippen molar-refractivity contribution in [3.8, 4) is 11.1 Å². The molecule has 7 nitrogen and oxygen atoms in total. The summed E-state index contributed by atoms with van der Waals surface area (Å²) in [5, 5.41) is 15.1. The van der Waals surface area contributed by atoms with Crippen LogP contribution in [0.5, 0.6) is 0 Å². The number of carbonyl (C=O) groups is 1. The predicted molar refractivity (Wildman–Crippen MR) is 94.3 cm³/mol. The van der Waals surface area contributed by atoms with Crippen LogP contribution in [0.3, 0.4) is 0 Å². The number of benzene rings is 1. The molecular weight excluding hydrogens is 304 g/mol. The number of anilines is 2. The van der Waals surface area contributed by atoms with E-state index >= 15 is 0 Å². The van der Waals surface area contributed by atoms with Gasteiger partial charge in [-0.15, -0.1) is 0 Å². The van der Waals surface area contributed by atoms with Crippen LogP contribution in [0.25, 0.3) is 27.5 Å². The van der Waals surface area contributed by atoms with E-state index < -0.39 is 0 Å². The quantitative estimate of drug-likeness (QED) is 0.566. The largest absolute Gasteiger partial charge is 0.377 e. The lowest BCUT2D eigenvalue weighted by molar-refractivity contribution is -0.105. The van der Waals surface area contributed by atoms with Crippen LogP contribution in [-0.4, -0.2) is 40.3 Å². The topological polar surface area (TPSA) is 78.3 Å². The van der Waals surface area contributed by atoms with Crippen molar-refractivity contribution < 1.29 is 4.79 Å². The van der Waals surface area contributed by atoms with Crippen LogP contribution < -0.4 is 10.2 Å². The summed E-state index contributed by atoms with van der Waals surface area (Å²) in [4.78, 5) is 12.7. The van der Waals surface area contributed by atoms with Gasteiger partial charge >= 0.3 is 0 Å². The predicted octanol–water partition coefficient (Wildman–Crippen LogP) is 2.51. The molecule has 0 radical (unpaired) electrons. The van der Waals surface area contributed by atoms with Gasteiger partial charge in [-0.3, -0.25) is 9.89 Å². The van der Waals surface area contributed by atoms with Crippen molar-refractivity contribution >= 4 is 34.3 Å². The van der Waals surface area contributed by atoms with Gasteiger partial charge in [0.25, 0.3) is 0 Å². The third-order valence-electron chi connectivity index (χ3n) is 4.04. The lowest BCUT2D eigenvalue weighted by Crippen LogP contribution is -2.10. The van der Waals surface area contributed by atoms with E-state index in [2.05, 4.69) is 37.6 Å². The minimum absolute atomic E-state index is 0.525. The molecule has 7 heteroatoms. The molecule has 24 heavy (non-hydrogen) atoms. The highest BCUT2D eigenvalue weighted by Gasteiger charge is 2.14. The highest BCUT2D eigenvalue weighted by Crippen LogP contribution is 2.36. The van der Waals surface area contributed by atoms with Gasteiger partial charge in [0.2, 0.25) is 6.41 Å². The molecule has 0 atom stereocenters. The van der Waals surface area contributed by atoms with Gasteiger partial charge in [0.1, 0.15) is 0 Å². The first-order valence-electron chi connectivity index (χ1n) is 7.51. The molecule has 3 aromatic heterocycles. The first-order valence-corrected chi connectivity index (χ1v) is 7.51. The average molecular weight is 320 g/mol. The number of H-pyrrole nitrogens is 1. The number of pyridine rings is 1. The third-order valence-corrected chi connectivity index (χ3v) is 4.04. The standard InChI is InChI=1S/C17H16N6O/c1-22(2)15-4-3-14-13(9-19-20-14)17(15)11-5-6-23-12(7-11)8-16(21-23)18-10-24/h3-10H,1-2H3,(H,19,20)(H,18,21,24). The third kappa shape index (κ3) is 2.18. The fourth-order valence-corrected chi connectivity index (χ4v) is 2.96. The van der Waals surface area contributed by atoms with Gasteiger partial charge in [-0.1, -0.05) is 0 Å². The van der Waals surface area contributed by atoms with Gasteiger partial charge in [-0.25, -0.2) is 4.52 Å². The molecule has 4 aromatic rings. The summed E-state index contributed by atoms with van der Waals surface area (Å²) in [7, 11) is 4.04. The molecule has 0 aliphatic heterocycles. The first-order chi connectivity index (χ1) is 11.7. The van der Waals surface area contributed by atoms with Crippen molar-refractivity contribution in [3.63, 3.8) is 0 Å². The smallest absolute Gasteiger partial charge is 0.212 e. The fourth-order valence-electron chi connectivity index (χ4n) is 2.96. The molecule has 120 valence electrons. The van der Waals surface area contributed by atoms with Crippen LogP contribution in [0.4, 0.5) is 11.5 Å². The molecule has 0 bridgehead atoms. The lowest BCUT2D eigenvalue weighted by atomic mass is 10.00. The number of rotatable bonds is 4. The Morgan fingerprint density at radius 2 is 2.12 bits per heavy atom. The van der Waals surface area contributed by atoms with Crippen LogP contribution in [-0.2, 0) is 4.79 Å². The highest BCUT2D eigenvalue weighted by molar-refractivity contribution is 6.01. The molecule has 1 amide bonds. The normalized spacial score (nSPS) is 11.1. The number of hydrogen-bond acceptors (Lipinski definition) is 4. The average Bonchev–Trinajstić information content (AvgIpc) is 3.19. The van der Waals surface area contributed by atoms with Crippen molar-refractivity contribution in [1.82, 2.24) is 19.8 Å². The summed E-state index contributed by atoms with van der Waals surface area (Å²) in [5.74, 6) is 0.525. The number of nitrogens with one attached hydrogen (secondary N) is 2. The van der Waals surface area contributed by atoms with E-state index in [-0.39, 0.29) is 0 Å². The molecule has 0 spiro atoms. The SMILES string of the molecule is CN(C)c1ccc2[nH]ncc2c1-c1ccn2nc(NC=O)cc2c1. The minimum Gasteiger partial charge on any atom is -0.377 e. The Morgan fingerprint density at radius 1 is 1.25 bits per heavy atom. The zero-order valence-corrected chi connectivity index (χ0v) is 13.3. The van der Waals surface area contributed by atoms with Gasteiger partial charge < -0.3 is 10.2 Å². The second kappa shape index (κ2) is 5.38. The van der Waals surface area contributed by atoms with E-state index in [0.717, 1.165) is 33.2 Å². The molecule has 0 unspecified atom stereocenters. The maximum atomic E-state index is 10.6. The van der Waals surface area contributed by atoms with Gasteiger partial charge in [0.15, 0.2) is 5.82 Å². The lowest BCUT2D eigenvalue weighted by Gasteiger charge is -2.18. The maximum Gasteiger partial charge on any atom is 0.212 e. The maximum absolute atomic E-state index is 10.6. The summed E-state index contributed by atoms with van der Waals surface area (Å²) >= 11 is 0. The zero-order valence-electron chi connectivity index (χ0n) is 13.3. The number of nitrogens with zero attached hydrogens (tertiary/aromatic N) is 4. The number of fused-ring (bicyclic) bond motifs is 2. The van der Waals surface area contributed by atoms with Crippen LogP contribution in [0.1, 0.15) is 0 Å². The van der Waals surface area contributed by atoms with E-state index in [1.807, 2.05) is 44.7 Å². The molecule has 0 aliphatic carbocycles. The minimum atomic E-state index is 0.525. The molecular formula is C17H16N6O. The van der Waals surface area contributed by atoms with Crippen molar-refractivity contribution in [2.75, 3.05) is 24.3 Å². The van der Waals surface area contributed by atoms with Crippen molar-refractivity contribution in [2.24, 2.45) is 0 Å². The Bertz CT molecular complexity index is 1050. The van der Waals surface area contributed by atoms with E-state index in [4.69, 9.17) is 0 Å². The monoisotopic (exact) mass is 320 g/mol. The number of aromatic nitrogens is 4. The molecule has 2 N–H and O–H groups in total. The molecule has 0 saturated carbocycles. The van der Waals surface area contributed by atoms with Gasteiger partial charge in [-0.2, -0.15) is 10.2 Å². The Kier molecular flexibility index (Phi) is 3.19. The number of aromatic amines is 1. The molecule has 3 heterocycles. The van der Waals surface area contributed by atoms with Crippen molar-refractivity contribution in [3.05, 3.63) is 42.7 Å². The second-order valence-corrected chi connectivity index (χ2v) is 5.76. The molecule has 1 aromatic carbocycles. The van der Waals surface area contributed by atoms with E-state index in [1.54, 1.807) is 4.52 Å². The summed E-state index contributed by atoms with van der Waals surface area (Å²) in [6, 6.07) is 10.0.